The summed E-state index contributed by atoms with van der Waals surface area (Å²) in [7, 11) is 0. The maximum atomic E-state index is 9.31. The second-order valence-electron chi connectivity index (χ2n) is 5.79. The predicted molar refractivity (Wildman–Crippen MR) is 66.5 cm³/mol. The normalized spacial score (nSPS) is 33.2. The van der Waals surface area contributed by atoms with E-state index in [4.69, 9.17) is 0 Å². The van der Waals surface area contributed by atoms with Crippen molar-refractivity contribution in [1.29, 1.82) is 0 Å². The van der Waals surface area contributed by atoms with Crippen LogP contribution in [0.15, 0.2) is 0 Å². The summed E-state index contributed by atoms with van der Waals surface area (Å²) in [5, 5.41) is 12.8. The lowest BCUT2D eigenvalue weighted by molar-refractivity contribution is 0.200. The molecular formula is C13H26N2O. The highest BCUT2D eigenvalue weighted by Crippen LogP contribution is 2.23. The number of nitrogens with zero attached hydrogens (tertiary/aromatic N) is 1. The zero-order valence-corrected chi connectivity index (χ0v) is 10.7. The third-order valence-electron chi connectivity index (χ3n) is 3.95. The van der Waals surface area contributed by atoms with Gasteiger partial charge >= 0.3 is 0 Å². The van der Waals surface area contributed by atoms with Crippen LogP contribution in [0.2, 0.25) is 0 Å². The standard InChI is InChI=1S/C13H26N2O/c1-10-7-11(2)15(8-10)6-5-13(9-16)14-12-3-4-12/h10-14,16H,3-9H2,1-2H3. The van der Waals surface area contributed by atoms with Gasteiger partial charge in [-0.3, -0.25) is 0 Å². The highest BCUT2D eigenvalue weighted by Gasteiger charge is 2.28. The molecule has 1 saturated carbocycles. The van der Waals surface area contributed by atoms with Crippen LogP contribution in [0.25, 0.3) is 0 Å². The largest absolute Gasteiger partial charge is 0.395 e. The van der Waals surface area contributed by atoms with E-state index >= 15 is 0 Å². The van der Waals surface area contributed by atoms with Crippen LogP contribution in [0.5, 0.6) is 0 Å². The first-order valence-corrected chi connectivity index (χ1v) is 6.80. The summed E-state index contributed by atoms with van der Waals surface area (Å²) in [6, 6.07) is 1.75. The molecule has 1 aliphatic carbocycles. The van der Waals surface area contributed by atoms with Crippen LogP contribution in [-0.4, -0.2) is 47.8 Å². The summed E-state index contributed by atoms with van der Waals surface area (Å²) in [5.74, 6) is 0.846. The highest BCUT2D eigenvalue weighted by molar-refractivity contribution is 4.86. The molecule has 2 N–H and O–H groups in total. The lowest BCUT2D eigenvalue weighted by atomic mass is 10.1. The van der Waals surface area contributed by atoms with E-state index in [9.17, 15) is 5.11 Å². The van der Waals surface area contributed by atoms with Gasteiger partial charge in [-0.05, 0) is 45.1 Å². The molecule has 3 unspecified atom stereocenters. The summed E-state index contributed by atoms with van der Waals surface area (Å²) >= 11 is 0. The average molecular weight is 226 g/mol. The minimum absolute atomic E-state index is 0.286. The van der Waals surface area contributed by atoms with Gasteiger partial charge in [-0.2, -0.15) is 0 Å². The van der Waals surface area contributed by atoms with Crippen molar-refractivity contribution in [3.05, 3.63) is 0 Å². The fourth-order valence-electron chi connectivity index (χ4n) is 2.83. The van der Waals surface area contributed by atoms with Crippen molar-refractivity contribution in [2.24, 2.45) is 5.92 Å². The summed E-state index contributed by atoms with van der Waals surface area (Å²) in [6.07, 6.45) is 5.02. The van der Waals surface area contributed by atoms with Crippen molar-refractivity contribution < 1.29 is 5.11 Å². The van der Waals surface area contributed by atoms with Crippen molar-refractivity contribution in [3.8, 4) is 0 Å². The third-order valence-corrected chi connectivity index (χ3v) is 3.95. The van der Waals surface area contributed by atoms with E-state index in [1.54, 1.807) is 0 Å². The van der Waals surface area contributed by atoms with Crippen LogP contribution in [-0.2, 0) is 0 Å². The molecule has 1 heterocycles. The van der Waals surface area contributed by atoms with Gasteiger partial charge in [0, 0.05) is 24.7 Å². The van der Waals surface area contributed by atoms with E-state index in [1.165, 1.54) is 25.8 Å². The van der Waals surface area contributed by atoms with E-state index in [0.717, 1.165) is 24.9 Å². The van der Waals surface area contributed by atoms with Crippen molar-refractivity contribution >= 4 is 0 Å². The quantitative estimate of drug-likeness (QED) is 0.715. The van der Waals surface area contributed by atoms with E-state index < -0.39 is 0 Å². The molecule has 3 atom stereocenters. The van der Waals surface area contributed by atoms with Crippen molar-refractivity contribution in [2.45, 2.75) is 57.7 Å². The van der Waals surface area contributed by atoms with Gasteiger partial charge in [-0.15, -0.1) is 0 Å². The van der Waals surface area contributed by atoms with Crippen LogP contribution in [0.1, 0.15) is 39.5 Å². The first-order valence-electron chi connectivity index (χ1n) is 6.80. The maximum absolute atomic E-state index is 9.31. The molecule has 2 aliphatic rings. The number of aliphatic hydroxyl groups is 1. The SMILES string of the molecule is CC1CC(C)N(CCC(CO)NC2CC2)C1. The first kappa shape index (κ1) is 12.3. The maximum Gasteiger partial charge on any atom is 0.0585 e. The molecule has 0 aromatic rings. The highest BCUT2D eigenvalue weighted by atomic mass is 16.3. The Hall–Kier alpha value is -0.120. The van der Waals surface area contributed by atoms with Crippen LogP contribution < -0.4 is 5.32 Å². The Kier molecular flexibility index (Phi) is 4.22. The zero-order chi connectivity index (χ0) is 11.5. The molecule has 2 fully saturated rings. The van der Waals surface area contributed by atoms with Crippen molar-refractivity contribution in [2.75, 3.05) is 19.7 Å². The molecule has 3 nitrogen and oxygen atoms in total. The Balaban J connectivity index is 1.68. The number of hydrogen-bond acceptors (Lipinski definition) is 3. The summed E-state index contributed by atoms with van der Waals surface area (Å²) in [5.41, 5.74) is 0. The zero-order valence-electron chi connectivity index (χ0n) is 10.7. The predicted octanol–water partition coefficient (Wildman–Crippen LogP) is 1.22. The third kappa shape index (κ3) is 3.44. The molecule has 0 spiro atoms. The first-order chi connectivity index (χ1) is 7.69. The molecule has 16 heavy (non-hydrogen) atoms. The molecule has 1 saturated heterocycles. The van der Waals surface area contributed by atoms with Crippen LogP contribution in [0, 0.1) is 5.92 Å². The minimum Gasteiger partial charge on any atom is -0.395 e. The molecule has 1 aliphatic heterocycles. The number of aliphatic hydroxyl groups excluding tert-OH is 1. The molecule has 0 aromatic heterocycles. The lowest BCUT2D eigenvalue weighted by Crippen LogP contribution is -2.38. The van der Waals surface area contributed by atoms with Gasteiger partial charge in [0.05, 0.1) is 6.61 Å². The Bertz CT molecular complexity index is 218. The van der Waals surface area contributed by atoms with E-state index in [1.807, 2.05) is 0 Å². The summed E-state index contributed by atoms with van der Waals surface area (Å²) in [6.45, 7) is 7.32. The summed E-state index contributed by atoms with van der Waals surface area (Å²) in [4.78, 5) is 2.57. The molecule has 0 bridgehead atoms. The fraction of sp³-hybridized carbons (Fsp3) is 1.00. The average Bonchev–Trinajstić information content (AvgIpc) is 3.00. The number of likely N-dealkylation sites (tertiary alicyclic amines) is 1. The Morgan fingerprint density at radius 1 is 1.38 bits per heavy atom. The Morgan fingerprint density at radius 2 is 2.12 bits per heavy atom. The smallest absolute Gasteiger partial charge is 0.0585 e. The molecular weight excluding hydrogens is 200 g/mol. The molecule has 3 heteroatoms. The van der Waals surface area contributed by atoms with Crippen molar-refractivity contribution in [1.82, 2.24) is 10.2 Å². The van der Waals surface area contributed by atoms with Crippen molar-refractivity contribution in [3.63, 3.8) is 0 Å². The van der Waals surface area contributed by atoms with Gasteiger partial charge in [0.1, 0.15) is 0 Å². The van der Waals surface area contributed by atoms with Gasteiger partial charge in [-0.1, -0.05) is 6.92 Å². The van der Waals surface area contributed by atoms with E-state index in [0.29, 0.717) is 12.1 Å². The molecule has 94 valence electrons. The van der Waals surface area contributed by atoms with Crippen LogP contribution >= 0.6 is 0 Å². The number of rotatable bonds is 6. The lowest BCUT2D eigenvalue weighted by Gasteiger charge is -2.24. The molecule has 0 amide bonds. The second-order valence-corrected chi connectivity index (χ2v) is 5.79. The van der Waals surface area contributed by atoms with Gasteiger partial charge in [0.15, 0.2) is 0 Å². The number of hydrogen-bond donors (Lipinski definition) is 2. The van der Waals surface area contributed by atoms with Gasteiger partial charge < -0.3 is 15.3 Å². The number of nitrogens with one attached hydrogen (secondary N) is 1. The second kappa shape index (κ2) is 5.48. The van der Waals surface area contributed by atoms with Crippen LogP contribution in [0.4, 0.5) is 0 Å². The van der Waals surface area contributed by atoms with Crippen LogP contribution in [0.3, 0.4) is 0 Å². The minimum atomic E-state index is 0.286. The fourth-order valence-corrected chi connectivity index (χ4v) is 2.83. The monoisotopic (exact) mass is 226 g/mol. The van der Waals surface area contributed by atoms with E-state index in [2.05, 4.69) is 24.1 Å². The van der Waals surface area contributed by atoms with E-state index in [-0.39, 0.29) is 6.61 Å². The Labute approximate surface area is 99.2 Å². The topological polar surface area (TPSA) is 35.5 Å². The summed E-state index contributed by atoms with van der Waals surface area (Å²) < 4.78 is 0. The Morgan fingerprint density at radius 3 is 2.62 bits per heavy atom. The van der Waals surface area contributed by atoms with Gasteiger partial charge in [0.25, 0.3) is 0 Å². The van der Waals surface area contributed by atoms with Gasteiger partial charge in [-0.25, -0.2) is 0 Å². The molecule has 0 radical (unpaired) electrons. The molecule has 0 aromatic carbocycles. The molecule has 2 rings (SSSR count). The van der Waals surface area contributed by atoms with Gasteiger partial charge in [0.2, 0.25) is 0 Å².